The van der Waals surface area contributed by atoms with Gasteiger partial charge in [0.2, 0.25) is 29.5 Å². The van der Waals surface area contributed by atoms with Gasteiger partial charge in [-0.05, 0) is 103 Å². The lowest BCUT2D eigenvalue weighted by molar-refractivity contribution is -0.138. The summed E-state index contributed by atoms with van der Waals surface area (Å²) in [6.07, 6.45) is 12.1. The van der Waals surface area contributed by atoms with Crippen molar-refractivity contribution in [2.75, 3.05) is 31.5 Å². The van der Waals surface area contributed by atoms with Crippen LogP contribution in [0.5, 0.6) is 0 Å². The number of rotatable bonds is 7. The number of nitrogens with one attached hydrogen (secondary N) is 3. The molecule has 65 heavy (non-hydrogen) atoms. The Morgan fingerprint density at radius 1 is 0.846 bits per heavy atom. The van der Waals surface area contributed by atoms with Crippen LogP contribution in [-0.2, 0) is 35.9 Å². The Bertz CT molecular complexity index is 2510. The minimum absolute atomic E-state index is 0.0650. The topological polar surface area (TPSA) is 148 Å². The molecule has 0 bridgehead atoms. The van der Waals surface area contributed by atoms with Crippen LogP contribution < -0.4 is 16.0 Å². The summed E-state index contributed by atoms with van der Waals surface area (Å²) >= 11 is 12.9. The van der Waals surface area contributed by atoms with E-state index in [0.717, 1.165) is 48.8 Å². The molecule has 10 rings (SSSR count). The summed E-state index contributed by atoms with van der Waals surface area (Å²) in [6, 6.07) is 14.2. The number of amides is 6. The number of likely N-dealkylation sites (tertiary alicyclic amines) is 2. The fourth-order valence-corrected chi connectivity index (χ4v) is 12.8. The van der Waals surface area contributed by atoms with Crippen molar-refractivity contribution >= 4 is 70.4 Å². The van der Waals surface area contributed by atoms with Crippen LogP contribution in [0.3, 0.4) is 0 Å². The van der Waals surface area contributed by atoms with Crippen LogP contribution >= 0.6 is 23.2 Å². The lowest BCUT2D eigenvalue weighted by Crippen LogP contribution is -2.60. The van der Waals surface area contributed by atoms with Gasteiger partial charge in [0.15, 0.2) is 0 Å². The number of carbonyl (C=O) groups is 6. The highest BCUT2D eigenvalue weighted by atomic mass is 35.5. The van der Waals surface area contributed by atoms with Crippen LogP contribution in [0.4, 0.5) is 10.1 Å². The van der Waals surface area contributed by atoms with Crippen molar-refractivity contribution in [3.05, 3.63) is 104 Å². The summed E-state index contributed by atoms with van der Waals surface area (Å²) in [5.41, 5.74) is 1.81. The van der Waals surface area contributed by atoms with Crippen LogP contribution in [0.25, 0.3) is 6.08 Å². The van der Waals surface area contributed by atoms with E-state index in [2.05, 4.69) is 28.1 Å². The second-order valence-electron chi connectivity index (χ2n) is 19.2. The molecule has 12 nitrogen and oxygen atoms in total. The van der Waals surface area contributed by atoms with Gasteiger partial charge < -0.3 is 20.0 Å². The van der Waals surface area contributed by atoms with Gasteiger partial charge in [0.1, 0.15) is 17.3 Å². The van der Waals surface area contributed by atoms with Gasteiger partial charge >= 0.3 is 0 Å². The molecule has 15 heteroatoms. The molecular formula is C50H53Cl2FN6O6. The first-order valence-electron chi connectivity index (χ1n) is 23.2. The molecule has 3 aromatic carbocycles. The number of nitrogens with zero attached hydrogens (tertiary/aromatic N) is 3. The zero-order valence-electron chi connectivity index (χ0n) is 36.2. The zero-order chi connectivity index (χ0) is 45.2. The van der Waals surface area contributed by atoms with Gasteiger partial charge in [0.25, 0.3) is 5.91 Å². The smallest absolute Gasteiger partial charge is 0.255 e. The first kappa shape index (κ1) is 43.8. The molecule has 4 saturated heterocycles. The largest absolute Gasteiger partial charge is 0.343 e. The molecule has 1 unspecified atom stereocenters. The average molecular weight is 924 g/mol. The average Bonchev–Trinajstić information content (AvgIpc) is 3.90. The highest BCUT2D eigenvalue weighted by Gasteiger charge is 2.72. The molecule has 3 aromatic rings. The first-order chi connectivity index (χ1) is 31.4. The molecule has 6 aliphatic heterocycles. The standard InChI is InChI=1S/C50H53Cl2FN6O6/c51-32-12-13-36-38(27-32)54-48(65)50(36)42(34-8-5-9-37(52)43(34)53)44(56-49(50)20-2-1-3-21-49)47(64)58-24-18-30(19-25-58)26-41(61)57-22-16-29(17-23-57)10-11-31-6-4-7-33-35(31)28-59(46(33)63)39-14-15-40(60)55-45(39)62/h4-13,27,29-30,39,42,44,56H,1-3,14-26,28H2,(H,54,65)(H,55,60,62)/b11-10-/t39?,42-,44+,50+/m0/s1. The van der Waals surface area contributed by atoms with E-state index >= 15 is 4.39 Å². The molecule has 2 spiro atoms. The summed E-state index contributed by atoms with van der Waals surface area (Å²) in [5, 5.41) is 9.61. The molecule has 0 aromatic heterocycles. The maximum atomic E-state index is 16.4. The molecule has 1 aliphatic carbocycles. The predicted molar refractivity (Wildman–Crippen MR) is 243 cm³/mol. The molecular weight excluding hydrogens is 870 g/mol. The van der Waals surface area contributed by atoms with E-state index in [9.17, 15) is 28.8 Å². The third-order valence-corrected chi connectivity index (χ3v) is 16.3. The minimum atomic E-state index is -1.30. The quantitative estimate of drug-likeness (QED) is 0.214. The highest BCUT2D eigenvalue weighted by Crippen LogP contribution is 2.63. The van der Waals surface area contributed by atoms with Crippen molar-refractivity contribution < 1.29 is 33.2 Å². The van der Waals surface area contributed by atoms with Gasteiger partial charge in [0.05, 0.1) is 11.1 Å². The zero-order valence-corrected chi connectivity index (χ0v) is 37.7. The summed E-state index contributed by atoms with van der Waals surface area (Å²) in [6.45, 7) is 2.49. The van der Waals surface area contributed by atoms with Gasteiger partial charge in [-0.3, -0.25) is 39.4 Å². The van der Waals surface area contributed by atoms with Gasteiger partial charge in [0, 0.05) is 73.3 Å². The minimum Gasteiger partial charge on any atom is -0.343 e. The Labute approximate surface area is 387 Å². The Morgan fingerprint density at radius 3 is 2.34 bits per heavy atom. The molecule has 6 amide bonds. The third-order valence-electron chi connectivity index (χ3n) is 15.7. The van der Waals surface area contributed by atoms with E-state index in [0.29, 0.717) is 87.5 Å². The molecule has 1 saturated carbocycles. The van der Waals surface area contributed by atoms with E-state index in [1.807, 2.05) is 28.0 Å². The van der Waals surface area contributed by atoms with Crippen molar-refractivity contribution in [3.8, 4) is 0 Å². The van der Waals surface area contributed by atoms with E-state index in [4.69, 9.17) is 23.2 Å². The Kier molecular flexibility index (Phi) is 11.6. The first-order valence-corrected chi connectivity index (χ1v) is 24.0. The Hall–Kier alpha value is -5.11. The molecule has 3 N–H and O–H groups in total. The number of anilines is 1. The van der Waals surface area contributed by atoms with E-state index in [1.54, 1.807) is 35.2 Å². The predicted octanol–water partition coefficient (Wildman–Crippen LogP) is 7.12. The van der Waals surface area contributed by atoms with Crippen LogP contribution in [0.2, 0.25) is 10.0 Å². The number of hydrogen-bond donors (Lipinski definition) is 3. The van der Waals surface area contributed by atoms with Gasteiger partial charge in [-0.15, -0.1) is 0 Å². The number of fused-ring (bicyclic) bond motifs is 4. The van der Waals surface area contributed by atoms with Crippen LogP contribution in [0, 0.1) is 17.7 Å². The molecule has 4 atom stereocenters. The van der Waals surface area contributed by atoms with Gasteiger partial charge in [-0.25, -0.2) is 4.39 Å². The van der Waals surface area contributed by atoms with E-state index < -0.39 is 40.7 Å². The number of allylic oxidation sites excluding steroid dienone is 1. The van der Waals surface area contributed by atoms with Crippen molar-refractivity contribution in [2.45, 2.75) is 113 Å². The van der Waals surface area contributed by atoms with Crippen LogP contribution in [0.15, 0.2) is 60.7 Å². The van der Waals surface area contributed by atoms with E-state index in [-0.39, 0.29) is 58.4 Å². The normalized spacial score (nSPS) is 26.9. The lowest BCUT2D eigenvalue weighted by Gasteiger charge is -2.47. The molecule has 340 valence electrons. The third kappa shape index (κ3) is 7.46. The second kappa shape index (κ2) is 17.3. The van der Waals surface area contributed by atoms with Crippen molar-refractivity contribution in [3.63, 3.8) is 0 Å². The molecule has 0 radical (unpaired) electrons. The maximum Gasteiger partial charge on any atom is 0.255 e. The number of piperidine rings is 3. The molecule has 7 aliphatic rings. The van der Waals surface area contributed by atoms with Gasteiger partial charge in [-0.1, -0.05) is 84.9 Å². The second-order valence-corrected chi connectivity index (χ2v) is 20.0. The Balaban J connectivity index is 0.783. The van der Waals surface area contributed by atoms with Gasteiger partial charge in [-0.2, -0.15) is 0 Å². The fourth-order valence-electron chi connectivity index (χ4n) is 12.5. The number of hydrogen-bond acceptors (Lipinski definition) is 7. The summed E-state index contributed by atoms with van der Waals surface area (Å²) < 4.78 is 16.4. The van der Waals surface area contributed by atoms with Crippen molar-refractivity contribution in [1.29, 1.82) is 0 Å². The number of imide groups is 1. The van der Waals surface area contributed by atoms with Crippen LogP contribution in [0.1, 0.15) is 116 Å². The van der Waals surface area contributed by atoms with Crippen molar-refractivity contribution in [2.24, 2.45) is 11.8 Å². The number of benzene rings is 3. The van der Waals surface area contributed by atoms with Crippen LogP contribution in [-0.4, -0.2) is 93.9 Å². The number of halogens is 3. The SMILES string of the molecule is O=C1CCC(N2Cc3c(/C=C\C4CCN(C(=O)CC5CCN(C(=O)[C@@H]6NC7(CCCCC7)[C@@]7(C(=O)Nc8cc(Cl)ccc87)[C@H]6c6cccc(Cl)c6F)CC5)CC4)cccc3C2=O)C(=O)N1. The highest BCUT2D eigenvalue weighted by molar-refractivity contribution is 6.31. The van der Waals surface area contributed by atoms with Crippen molar-refractivity contribution in [1.82, 2.24) is 25.3 Å². The summed E-state index contributed by atoms with van der Waals surface area (Å²) in [7, 11) is 0. The summed E-state index contributed by atoms with van der Waals surface area (Å²) in [4.78, 5) is 86.3. The van der Waals surface area contributed by atoms with E-state index in [1.165, 1.54) is 6.07 Å². The molecule has 5 fully saturated rings. The number of carbonyl (C=O) groups excluding carboxylic acids is 6. The monoisotopic (exact) mass is 922 g/mol. The summed E-state index contributed by atoms with van der Waals surface area (Å²) in [5.74, 6) is -2.42. The molecule has 6 heterocycles. The fraction of sp³-hybridized carbons (Fsp3) is 0.480. The Morgan fingerprint density at radius 2 is 1.58 bits per heavy atom. The maximum absolute atomic E-state index is 16.4. The lowest BCUT2D eigenvalue weighted by atomic mass is 9.55.